The second-order valence-electron chi connectivity index (χ2n) is 16.8. The molecule has 0 N–H and O–H groups in total. The number of para-hydroxylation sites is 2. The van der Waals surface area contributed by atoms with E-state index in [1.165, 1.54) is 53.7 Å². The smallest absolute Gasteiger partial charge is 0.179 e. The molecule has 0 amide bonds. The van der Waals surface area contributed by atoms with Crippen LogP contribution in [0.15, 0.2) is 249 Å². The first-order chi connectivity index (χ1) is 32.2. The van der Waals surface area contributed by atoms with Crippen LogP contribution in [0.4, 0.5) is 0 Å². The van der Waals surface area contributed by atoms with Crippen LogP contribution in [0.1, 0.15) is 5.56 Å². The van der Waals surface area contributed by atoms with E-state index in [-0.39, 0.29) is 0 Å². The van der Waals surface area contributed by atoms with E-state index in [0.717, 1.165) is 44.3 Å². The molecule has 0 spiro atoms. The second kappa shape index (κ2) is 15.7. The highest BCUT2D eigenvalue weighted by atomic mass is 28.3. The fraction of sp³-hybridized carbons (Fsp3) is 0. The molecule has 0 saturated heterocycles. The zero-order chi connectivity index (χ0) is 43.3. The monoisotopic (exact) mass is 843 g/mol. The fourth-order valence-electron chi connectivity index (χ4n) is 10.4. The molecular formula is C61H41N3Si. The molecule has 0 aliphatic rings. The lowest BCUT2D eigenvalue weighted by Crippen LogP contribution is -2.74. The zero-order valence-electron chi connectivity index (χ0n) is 35.5. The van der Waals surface area contributed by atoms with Crippen molar-refractivity contribution < 1.29 is 0 Å². The molecule has 3 nitrogen and oxygen atoms in total. The summed E-state index contributed by atoms with van der Waals surface area (Å²) in [5.74, 6) is 0. The predicted octanol–water partition coefficient (Wildman–Crippen LogP) is 12.5. The summed E-state index contributed by atoms with van der Waals surface area (Å²) in [5.41, 5.74) is 12.1. The summed E-state index contributed by atoms with van der Waals surface area (Å²) in [7, 11) is -2.77. The van der Waals surface area contributed by atoms with Crippen LogP contribution < -0.4 is 20.7 Å². The Hall–Kier alpha value is -8.49. The van der Waals surface area contributed by atoms with Crippen molar-refractivity contribution >= 4 is 72.4 Å². The van der Waals surface area contributed by atoms with Gasteiger partial charge in [-0.2, -0.15) is 5.26 Å². The molecule has 0 unspecified atom stereocenters. The van der Waals surface area contributed by atoms with Crippen LogP contribution in [0.3, 0.4) is 0 Å². The number of benzene rings is 10. The number of nitriles is 1. The van der Waals surface area contributed by atoms with E-state index in [1.807, 2.05) is 12.1 Å². The van der Waals surface area contributed by atoms with Gasteiger partial charge in [-0.3, -0.25) is 0 Å². The minimum absolute atomic E-state index is 0.646. The van der Waals surface area contributed by atoms with E-state index in [9.17, 15) is 5.26 Å². The Kier molecular flexibility index (Phi) is 9.22. The van der Waals surface area contributed by atoms with Gasteiger partial charge in [-0.25, -0.2) is 0 Å². The van der Waals surface area contributed by atoms with E-state index in [2.05, 4.69) is 252 Å². The van der Waals surface area contributed by atoms with Gasteiger partial charge in [-0.15, -0.1) is 0 Å². The maximum absolute atomic E-state index is 10.1. The molecule has 0 atom stereocenters. The summed E-state index contributed by atoms with van der Waals surface area (Å²) in [6.45, 7) is 0. The van der Waals surface area contributed by atoms with Gasteiger partial charge in [0.2, 0.25) is 0 Å². The van der Waals surface area contributed by atoms with Crippen LogP contribution in [0, 0.1) is 11.3 Å². The number of hydrogen-bond donors (Lipinski definition) is 0. The van der Waals surface area contributed by atoms with Gasteiger partial charge in [0.15, 0.2) is 8.07 Å². The summed E-state index contributed by atoms with van der Waals surface area (Å²) in [6, 6.07) is 92.7. The van der Waals surface area contributed by atoms with Gasteiger partial charge in [0.25, 0.3) is 0 Å². The van der Waals surface area contributed by atoms with Crippen molar-refractivity contribution in [2.75, 3.05) is 0 Å². The molecule has 12 rings (SSSR count). The Balaban J connectivity index is 0.974. The molecule has 4 heteroatoms. The van der Waals surface area contributed by atoms with Gasteiger partial charge in [0.1, 0.15) is 0 Å². The highest BCUT2D eigenvalue weighted by molar-refractivity contribution is 7.19. The molecule has 0 aliphatic heterocycles. The number of nitrogens with zero attached hydrogens (tertiary/aromatic N) is 3. The van der Waals surface area contributed by atoms with Crippen LogP contribution in [-0.2, 0) is 0 Å². The van der Waals surface area contributed by atoms with Crippen LogP contribution in [-0.4, -0.2) is 17.2 Å². The minimum Gasteiger partial charge on any atom is -0.309 e. The van der Waals surface area contributed by atoms with Crippen molar-refractivity contribution in [3.8, 4) is 39.7 Å². The van der Waals surface area contributed by atoms with Crippen LogP contribution >= 0.6 is 0 Å². The largest absolute Gasteiger partial charge is 0.309 e. The summed E-state index contributed by atoms with van der Waals surface area (Å²) in [4.78, 5) is 0. The molecular weight excluding hydrogens is 803 g/mol. The topological polar surface area (TPSA) is 33.6 Å². The fourth-order valence-corrected chi connectivity index (χ4v) is 15.1. The molecule has 2 aromatic heterocycles. The Morgan fingerprint density at radius 2 is 0.692 bits per heavy atom. The molecule has 2 heterocycles. The average molecular weight is 844 g/mol. The molecule has 0 fully saturated rings. The van der Waals surface area contributed by atoms with E-state index in [4.69, 9.17) is 0 Å². The highest BCUT2D eigenvalue weighted by Crippen LogP contribution is 2.38. The van der Waals surface area contributed by atoms with Crippen LogP contribution in [0.5, 0.6) is 0 Å². The van der Waals surface area contributed by atoms with Crippen molar-refractivity contribution in [1.82, 2.24) is 9.13 Å². The second-order valence-corrected chi connectivity index (χ2v) is 20.6. The molecule has 0 saturated carbocycles. The molecule has 65 heavy (non-hydrogen) atoms. The Bertz CT molecular complexity index is 3660. The first-order valence-electron chi connectivity index (χ1n) is 22.1. The molecule has 304 valence electrons. The van der Waals surface area contributed by atoms with Crippen molar-refractivity contribution in [2.45, 2.75) is 0 Å². The van der Waals surface area contributed by atoms with Gasteiger partial charge in [0, 0.05) is 32.9 Å². The van der Waals surface area contributed by atoms with E-state index in [0.29, 0.717) is 5.56 Å². The summed E-state index contributed by atoms with van der Waals surface area (Å²) in [6.07, 6.45) is 0. The molecule has 0 bridgehead atoms. The third kappa shape index (κ3) is 6.25. The Morgan fingerprint density at radius 3 is 1.25 bits per heavy atom. The van der Waals surface area contributed by atoms with Crippen molar-refractivity contribution in [3.05, 3.63) is 254 Å². The number of hydrogen-bond acceptors (Lipinski definition) is 1. The third-order valence-electron chi connectivity index (χ3n) is 13.3. The van der Waals surface area contributed by atoms with Crippen molar-refractivity contribution in [3.63, 3.8) is 0 Å². The first-order valence-corrected chi connectivity index (χ1v) is 24.1. The van der Waals surface area contributed by atoms with Crippen LogP contribution in [0.25, 0.3) is 77.2 Å². The predicted molar refractivity (Wildman–Crippen MR) is 274 cm³/mol. The van der Waals surface area contributed by atoms with E-state index < -0.39 is 8.07 Å². The van der Waals surface area contributed by atoms with Gasteiger partial charge in [-0.1, -0.05) is 176 Å². The summed E-state index contributed by atoms with van der Waals surface area (Å²) in [5, 5.41) is 20.1. The van der Waals surface area contributed by atoms with Crippen molar-refractivity contribution in [1.29, 1.82) is 5.26 Å². The SMILES string of the molecule is N#Cc1ccc2c(c1)c1cc(-c3ccc(-c4ccc5c(c4)c4ccccc4n5-c4ccccc4)cc3)ccc1n2-c1cccc([Si](c2ccccc2)(c2ccccc2)c2ccccc2)c1. The average Bonchev–Trinajstić information content (AvgIpc) is 3.90. The zero-order valence-corrected chi connectivity index (χ0v) is 36.5. The highest BCUT2D eigenvalue weighted by Gasteiger charge is 2.41. The quantitative estimate of drug-likeness (QED) is 0.111. The van der Waals surface area contributed by atoms with Crippen LogP contribution in [0.2, 0.25) is 0 Å². The molecule has 12 aromatic rings. The number of aromatic nitrogens is 2. The lowest BCUT2D eigenvalue weighted by molar-refractivity contribution is 1.18. The lowest BCUT2D eigenvalue weighted by atomic mass is 9.98. The molecule has 10 aromatic carbocycles. The summed E-state index contributed by atoms with van der Waals surface area (Å²) < 4.78 is 4.74. The Morgan fingerprint density at radius 1 is 0.292 bits per heavy atom. The standard InChI is InChI=1S/C61H41N3Si/c62-42-43-28-35-59-55(38-43)57-40-47(45-31-29-44(30-32-45)46-33-36-60-56(39-46)54-26-13-14-27-58(54)63(60)48-16-5-1-6-17-48)34-37-61(57)64(59)49-18-15-25-53(41-49)65(50-19-7-2-8-20-50,51-21-9-3-10-22-51)52-23-11-4-12-24-52/h1-41H. The third-order valence-corrected chi connectivity index (χ3v) is 18.1. The van der Waals surface area contributed by atoms with Crippen molar-refractivity contribution in [2.24, 2.45) is 0 Å². The van der Waals surface area contributed by atoms with Gasteiger partial charge < -0.3 is 9.13 Å². The van der Waals surface area contributed by atoms with Gasteiger partial charge in [0.05, 0.1) is 33.7 Å². The van der Waals surface area contributed by atoms with E-state index in [1.54, 1.807) is 0 Å². The maximum Gasteiger partial charge on any atom is 0.179 e. The minimum atomic E-state index is -2.77. The molecule has 0 aliphatic carbocycles. The van der Waals surface area contributed by atoms with Gasteiger partial charge in [-0.05, 0) is 116 Å². The van der Waals surface area contributed by atoms with Gasteiger partial charge >= 0.3 is 0 Å². The summed E-state index contributed by atoms with van der Waals surface area (Å²) >= 11 is 0. The normalized spacial score (nSPS) is 11.7. The first kappa shape index (κ1) is 38.2. The van der Waals surface area contributed by atoms with E-state index >= 15 is 0 Å². The Labute approximate surface area is 379 Å². The lowest BCUT2D eigenvalue weighted by Gasteiger charge is -2.34. The molecule has 0 radical (unpaired) electrons. The number of rotatable bonds is 8. The number of fused-ring (bicyclic) bond motifs is 6. The maximum atomic E-state index is 10.1.